The molecule has 124 valence electrons. The van der Waals surface area contributed by atoms with Crippen molar-refractivity contribution in [2.75, 3.05) is 0 Å². The second-order valence-electron chi connectivity index (χ2n) is 4.48. The van der Waals surface area contributed by atoms with Gasteiger partial charge in [-0.2, -0.15) is 0 Å². The maximum atomic E-state index is 11.2. The molecule has 2 atom stereocenters. The highest BCUT2D eigenvalue weighted by atomic mass is 32.1. The van der Waals surface area contributed by atoms with Gasteiger partial charge in [-0.3, -0.25) is 9.59 Å². The summed E-state index contributed by atoms with van der Waals surface area (Å²) >= 11 is 3.81. The number of carboxylic acids is 3. The van der Waals surface area contributed by atoms with E-state index in [1.165, 1.54) is 0 Å². The molecule has 0 amide bonds. The molecule has 2 unspecified atom stereocenters. The monoisotopic (exact) mass is 341 g/mol. The molecule has 1 aromatic rings. The van der Waals surface area contributed by atoms with Crippen molar-refractivity contribution in [3.63, 3.8) is 0 Å². The van der Waals surface area contributed by atoms with Crippen molar-refractivity contribution in [2.45, 2.75) is 18.4 Å². The Morgan fingerprint density at radius 1 is 1.17 bits per heavy atom. The van der Waals surface area contributed by atoms with Crippen LogP contribution in [0.1, 0.15) is 12.0 Å². The minimum atomic E-state index is -2.87. The highest BCUT2D eigenvalue weighted by Gasteiger charge is 2.49. The topological polar surface area (TPSA) is 156 Å². The van der Waals surface area contributed by atoms with E-state index in [2.05, 4.69) is 12.2 Å². The summed E-state index contributed by atoms with van der Waals surface area (Å²) in [4.78, 5) is 33.0. The summed E-state index contributed by atoms with van der Waals surface area (Å²) in [6, 6.07) is 8.09. The van der Waals surface area contributed by atoms with Crippen molar-refractivity contribution in [1.82, 2.24) is 0 Å². The molecular formula is C14H15NO7S. The predicted molar refractivity (Wildman–Crippen MR) is 81.4 cm³/mol. The first-order chi connectivity index (χ1) is 10.7. The number of carbonyl (C=O) groups is 3. The first-order valence-corrected chi connectivity index (χ1v) is 6.58. The van der Waals surface area contributed by atoms with Crippen molar-refractivity contribution in [2.24, 2.45) is 5.92 Å². The average molecular weight is 341 g/mol. The van der Waals surface area contributed by atoms with Gasteiger partial charge in [0.05, 0.1) is 11.6 Å². The van der Waals surface area contributed by atoms with Crippen LogP contribution in [0.5, 0.6) is 0 Å². The number of nitrogens with one attached hydrogen (secondary N) is 1. The Hall–Kier alpha value is -2.61. The van der Waals surface area contributed by atoms with E-state index in [4.69, 9.17) is 20.7 Å². The SMILES string of the molecule is N=C=S.O=C(O)CC(O)(C(=O)O)C(Cc1ccccc1)C(=O)O. The molecule has 0 bridgehead atoms. The number of carboxylic acid groups (broad SMARTS) is 3. The lowest BCUT2D eigenvalue weighted by molar-refractivity contribution is -0.179. The molecule has 8 nitrogen and oxygen atoms in total. The van der Waals surface area contributed by atoms with Gasteiger partial charge in [-0.05, 0) is 24.2 Å². The summed E-state index contributed by atoms with van der Waals surface area (Å²) in [6.45, 7) is 0. The van der Waals surface area contributed by atoms with Gasteiger partial charge in [-0.15, -0.1) is 0 Å². The zero-order chi connectivity index (χ0) is 18.0. The molecule has 9 heteroatoms. The Balaban J connectivity index is 0.00000149. The smallest absolute Gasteiger partial charge is 0.337 e. The van der Waals surface area contributed by atoms with Crippen LogP contribution in [0.15, 0.2) is 30.3 Å². The van der Waals surface area contributed by atoms with E-state index in [1.54, 1.807) is 35.5 Å². The summed E-state index contributed by atoms with van der Waals surface area (Å²) < 4.78 is 0. The first kappa shape index (κ1) is 20.4. The van der Waals surface area contributed by atoms with E-state index in [9.17, 15) is 19.5 Å². The molecule has 0 aliphatic rings. The molecule has 0 aromatic heterocycles. The highest BCUT2D eigenvalue weighted by molar-refractivity contribution is 7.78. The fourth-order valence-corrected chi connectivity index (χ4v) is 1.89. The molecule has 0 aliphatic carbocycles. The van der Waals surface area contributed by atoms with Gasteiger partial charge < -0.3 is 20.4 Å². The molecule has 5 N–H and O–H groups in total. The van der Waals surface area contributed by atoms with Crippen LogP contribution in [0.25, 0.3) is 0 Å². The molecular weight excluding hydrogens is 326 g/mol. The third kappa shape index (κ3) is 6.35. The Kier molecular flexibility index (Phi) is 8.35. The van der Waals surface area contributed by atoms with Gasteiger partial charge in [0.25, 0.3) is 0 Å². The third-order valence-electron chi connectivity index (χ3n) is 2.95. The lowest BCUT2D eigenvalue weighted by Crippen LogP contribution is -2.51. The maximum absolute atomic E-state index is 11.2. The minimum Gasteiger partial charge on any atom is -0.481 e. The fourth-order valence-electron chi connectivity index (χ4n) is 1.89. The number of benzene rings is 1. The van der Waals surface area contributed by atoms with Crippen molar-refractivity contribution in [3.8, 4) is 0 Å². The average Bonchev–Trinajstić information content (AvgIpc) is 2.45. The Bertz CT molecular complexity index is 598. The molecule has 0 aliphatic heterocycles. The normalized spacial score (nSPS) is 13.4. The second-order valence-corrected chi connectivity index (χ2v) is 4.69. The van der Waals surface area contributed by atoms with Gasteiger partial charge in [0, 0.05) is 0 Å². The van der Waals surface area contributed by atoms with Gasteiger partial charge in [0.15, 0.2) is 5.60 Å². The highest BCUT2D eigenvalue weighted by Crippen LogP contribution is 2.26. The number of aliphatic carboxylic acids is 3. The standard InChI is InChI=1S/C13H14O7.CHNS/c14-10(15)7-13(20,12(18)19)9(11(16)17)6-8-4-2-1-3-5-8;2-1-3/h1-5,9,20H,6-7H2,(H,14,15)(H,16,17)(H,18,19);2H. The molecule has 23 heavy (non-hydrogen) atoms. The Labute approximate surface area is 136 Å². The van der Waals surface area contributed by atoms with Crippen LogP contribution in [0.2, 0.25) is 0 Å². The van der Waals surface area contributed by atoms with Crippen LogP contribution in [-0.2, 0) is 20.8 Å². The zero-order valence-corrected chi connectivity index (χ0v) is 12.6. The van der Waals surface area contributed by atoms with Crippen molar-refractivity contribution < 1.29 is 34.8 Å². The molecule has 0 saturated heterocycles. The lowest BCUT2D eigenvalue weighted by atomic mass is 9.80. The van der Waals surface area contributed by atoms with Gasteiger partial charge in [-0.1, -0.05) is 30.3 Å². The van der Waals surface area contributed by atoms with E-state index in [0.717, 1.165) is 0 Å². The summed E-state index contributed by atoms with van der Waals surface area (Å²) in [5, 5.41) is 44.1. The van der Waals surface area contributed by atoms with Gasteiger partial charge in [0.2, 0.25) is 0 Å². The number of thiocarbonyl (C=S) groups is 1. The summed E-state index contributed by atoms with van der Waals surface area (Å²) in [5.74, 6) is -6.80. The van der Waals surface area contributed by atoms with E-state index < -0.39 is 35.8 Å². The van der Waals surface area contributed by atoms with Gasteiger partial charge in [-0.25, -0.2) is 10.2 Å². The summed E-state index contributed by atoms with van der Waals surface area (Å²) in [6.07, 6.45) is -1.47. The van der Waals surface area contributed by atoms with Crippen molar-refractivity contribution in [1.29, 1.82) is 5.41 Å². The quantitative estimate of drug-likeness (QED) is 0.361. The molecule has 0 fully saturated rings. The number of hydrogen-bond donors (Lipinski definition) is 5. The van der Waals surface area contributed by atoms with E-state index in [1.807, 2.05) is 0 Å². The molecule has 0 spiro atoms. The molecule has 0 heterocycles. The Morgan fingerprint density at radius 2 is 1.65 bits per heavy atom. The van der Waals surface area contributed by atoms with Crippen LogP contribution in [0.4, 0.5) is 0 Å². The molecule has 0 saturated carbocycles. The van der Waals surface area contributed by atoms with Crippen LogP contribution in [0, 0.1) is 11.3 Å². The molecule has 1 rings (SSSR count). The van der Waals surface area contributed by atoms with Gasteiger partial charge in [0.1, 0.15) is 5.92 Å². The zero-order valence-electron chi connectivity index (χ0n) is 11.8. The second kappa shape index (κ2) is 9.42. The van der Waals surface area contributed by atoms with Crippen LogP contribution in [0.3, 0.4) is 0 Å². The maximum Gasteiger partial charge on any atom is 0.337 e. The summed E-state index contributed by atoms with van der Waals surface area (Å²) in [5.41, 5.74) is -2.38. The third-order valence-corrected chi connectivity index (χ3v) is 2.95. The number of aliphatic hydroxyl groups is 1. The van der Waals surface area contributed by atoms with E-state index >= 15 is 0 Å². The minimum absolute atomic E-state index is 0.285. The molecule has 1 aromatic carbocycles. The van der Waals surface area contributed by atoms with Crippen LogP contribution >= 0.6 is 12.2 Å². The fraction of sp³-hybridized carbons (Fsp3) is 0.286. The number of rotatable bonds is 7. The number of isothiocyanates is 1. The predicted octanol–water partition coefficient (Wildman–Crippen LogP) is 0.888. The lowest BCUT2D eigenvalue weighted by Gasteiger charge is -2.28. The van der Waals surface area contributed by atoms with Crippen molar-refractivity contribution >= 4 is 35.3 Å². The van der Waals surface area contributed by atoms with Gasteiger partial charge >= 0.3 is 17.9 Å². The molecule has 0 radical (unpaired) electrons. The van der Waals surface area contributed by atoms with Crippen LogP contribution in [-0.4, -0.2) is 49.1 Å². The number of hydrogen-bond acceptors (Lipinski definition) is 6. The Morgan fingerprint density at radius 3 is 2.00 bits per heavy atom. The van der Waals surface area contributed by atoms with E-state index in [0.29, 0.717) is 5.56 Å². The van der Waals surface area contributed by atoms with Crippen LogP contribution < -0.4 is 0 Å². The van der Waals surface area contributed by atoms with Crippen molar-refractivity contribution in [3.05, 3.63) is 35.9 Å². The first-order valence-electron chi connectivity index (χ1n) is 6.17. The summed E-state index contributed by atoms with van der Waals surface area (Å²) in [7, 11) is 0. The van der Waals surface area contributed by atoms with E-state index in [-0.39, 0.29) is 6.42 Å². The largest absolute Gasteiger partial charge is 0.481 e.